The monoisotopic (exact) mass is 355 g/mol. The Hall–Kier alpha value is -2.97. The largest absolute Gasteiger partial charge is 0.417 e. The Balaban J connectivity index is 2.04. The first kappa shape index (κ1) is 16.9. The van der Waals surface area contributed by atoms with Crippen LogP contribution in [0.25, 0.3) is 5.65 Å². The molecule has 0 unspecified atom stereocenters. The molecule has 0 bridgehead atoms. The van der Waals surface area contributed by atoms with Crippen molar-refractivity contribution in [2.24, 2.45) is 0 Å². The second-order valence-electron chi connectivity index (χ2n) is 5.27. The molecule has 0 aliphatic heterocycles. The number of aromatic nitrogens is 2. The minimum Gasteiger partial charge on any atom is -0.318 e. The lowest BCUT2D eigenvalue weighted by Gasteiger charge is -2.09. The van der Waals surface area contributed by atoms with E-state index in [1.165, 1.54) is 6.92 Å². The summed E-state index contributed by atoms with van der Waals surface area (Å²) < 4.78 is 66.2. The van der Waals surface area contributed by atoms with Crippen molar-refractivity contribution in [2.45, 2.75) is 13.1 Å². The van der Waals surface area contributed by atoms with Gasteiger partial charge in [-0.3, -0.25) is 9.20 Å². The van der Waals surface area contributed by atoms with Crippen molar-refractivity contribution < 1.29 is 26.7 Å². The van der Waals surface area contributed by atoms with E-state index in [1.807, 2.05) is 0 Å². The van der Waals surface area contributed by atoms with E-state index in [-0.39, 0.29) is 22.7 Å². The molecule has 4 nitrogen and oxygen atoms in total. The number of hydrogen-bond acceptors (Lipinski definition) is 2. The summed E-state index contributed by atoms with van der Waals surface area (Å²) in [5.41, 5.74) is -1.13. The number of pyridine rings is 1. The summed E-state index contributed by atoms with van der Waals surface area (Å²) >= 11 is 0. The number of hydrogen-bond donors (Lipinski definition) is 1. The molecular weight excluding hydrogens is 345 g/mol. The molecule has 1 amide bonds. The zero-order valence-corrected chi connectivity index (χ0v) is 12.7. The summed E-state index contributed by atoms with van der Waals surface area (Å²) in [6.07, 6.45) is -3.85. The zero-order valence-electron chi connectivity index (χ0n) is 12.7. The average Bonchev–Trinajstić information content (AvgIpc) is 2.84. The van der Waals surface area contributed by atoms with Gasteiger partial charge in [-0.15, -0.1) is 0 Å². The van der Waals surface area contributed by atoms with Gasteiger partial charge in [0.15, 0.2) is 0 Å². The fraction of sp³-hybridized carbons (Fsp3) is 0.125. The van der Waals surface area contributed by atoms with Gasteiger partial charge in [0, 0.05) is 12.3 Å². The van der Waals surface area contributed by atoms with Crippen LogP contribution in [0.2, 0.25) is 0 Å². The number of imidazole rings is 1. The molecule has 25 heavy (non-hydrogen) atoms. The van der Waals surface area contributed by atoms with E-state index in [0.717, 1.165) is 34.9 Å². The van der Waals surface area contributed by atoms with E-state index in [0.29, 0.717) is 6.07 Å². The van der Waals surface area contributed by atoms with E-state index in [4.69, 9.17) is 0 Å². The van der Waals surface area contributed by atoms with Crippen LogP contribution in [0.3, 0.4) is 0 Å². The fourth-order valence-corrected chi connectivity index (χ4v) is 2.38. The third-order valence-electron chi connectivity index (χ3n) is 3.51. The first-order valence-electron chi connectivity index (χ1n) is 6.99. The minimum absolute atomic E-state index is 0.134. The molecule has 0 spiro atoms. The van der Waals surface area contributed by atoms with Crippen molar-refractivity contribution in [3.8, 4) is 0 Å². The molecule has 3 rings (SSSR count). The van der Waals surface area contributed by atoms with Gasteiger partial charge in [-0.25, -0.2) is 13.8 Å². The summed E-state index contributed by atoms with van der Waals surface area (Å²) in [6, 6.07) is 4.52. The maximum absolute atomic E-state index is 13.7. The maximum Gasteiger partial charge on any atom is 0.417 e. The van der Waals surface area contributed by atoms with Gasteiger partial charge < -0.3 is 5.32 Å². The molecular formula is C16H10F5N3O. The highest BCUT2D eigenvalue weighted by Gasteiger charge is 2.31. The Morgan fingerprint density at radius 1 is 1.16 bits per heavy atom. The number of benzene rings is 1. The number of anilines is 1. The third kappa shape index (κ3) is 3.17. The number of fused-ring (bicyclic) bond motifs is 1. The predicted molar refractivity (Wildman–Crippen MR) is 79.2 cm³/mol. The Kier molecular flexibility index (Phi) is 3.94. The second kappa shape index (κ2) is 5.83. The van der Waals surface area contributed by atoms with E-state index < -0.39 is 29.3 Å². The number of carbonyl (C=O) groups is 1. The molecule has 0 fully saturated rings. The highest BCUT2D eigenvalue weighted by Crippen LogP contribution is 2.30. The van der Waals surface area contributed by atoms with Crippen LogP contribution in [-0.2, 0) is 6.18 Å². The topological polar surface area (TPSA) is 46.4 Å². The number of halogens is 5. The van der Waals surface area contributed by atoms with Crippen molar-refractivity contribution in [2.75, 3.05) is 5.32 Å². The van der Waals surface area contributed by atoms with Crippen molar-refractivity contribution in [3.63, 3.8) is 0 Å². The van der Waals surface area contributed by atoms with E-state index in [9.17, 15) is 26.7 Å². The van der Waals surface area contributed by atoms with Crippen molar-refractivity contribution in [1.29, 1.82) is 0 Å². The Labute approximate surface area is 137 Å². The van der Waals surface area contributed by atoms with Crippen LogP contribution in [0, 0.1) is 18.6 Å². The van der Waals surface area contributed by atoms with Crippen LogP contribution in [-0.4, -0.2) is 15.3 Å². The van der Waals surface area contributed by atoms with E-state index in [2.05, 4.69) is 10.3 Å². The minimum atomic E-state index is -4.59. The van der Waals surface area contributed by atoms with E-state index in [1.54, 1.807) is 0 Å². The van der Waals surface area contributed by atoms with E-state index >= 15 is 0 Å². The summed E-state index contributed by atoms with van der Waals surface area (Å²) in [6.45, 7) is 1.44. The number of alkyl halides is 3. The SMILES string of the molecule is Cc1nc2ccc(C(F)(F)F)cn2c1C(=O)Nc1ccc(F)cc1F. The molecule has 3 aromatic rings. The van der Waals surface area contributed by atoms with Crippen LogP contribution in [0.1, 0.15) is 21.7 Å². The summed E-state index contributed by atoms with van der Waals surface area (Å²) in [7, 11) is 0. The Morgan fingerprint density at radius 3 is 2.52 bits per heavy atom. The maximum atomic E-state index is 13.7. The summed E-state index contributed by atoms with van der Waals surface area (Å²) in [5.74, 6) is -2.69. The van der Waals surface area contributed by atoms with Crippen LogP contribution >= 0.6 is 0 Å². The first-order valence-corrected chi connectivity index (χ1v) is 6.99. The highest BCUT2D eigenvalue weighted by atomic mass is 19.4. The summed E-state index contributed by atoms with van der Waals surface area (Å²) in [4.78, 5) is 16.4. The van der Waals surface area contributed by atoms with Gasteiger partial charge in [-0.2, -0.15) is 13.2 Å². The molecule has 1 N–H and O–H groups in total. The van der Waals surface area contributed by atoms with Gasteiger partial charge in [0.05, 0.1) is 16.9 Å². The molecule has 0 aliphatic carbocycles. The van der Waals surface area contributed by atoms with Crippen molar-refractivity contribution >= 4 is 17.2 Å². The number of aryl methyl sites for hydroxylation is 1. The molecule has 2 aromatic heterocycles. The number of rotatable bonds is 2. The quantitative estimate of drug-likeness (QED) is 0.701. The molecule has 2 heterocycles. The number of carbonyl (C=O) groups excluding carboxylic acids is 1. The van der Waals surface area contributed by atoms with Crippen molar-refractivity contribution in [1.82, 2.24) is 9.38 Å². The first-order chi connectivity index (χ1) is 11.7. The van der Waals surface area contributed by atoms with Gasteiger partial charge in [-0.05, 0) is 31.2 Å². The molecule has 9 heteroatoms. The standard InChI is InChI=1S/C16H10F5N3O/c1-8-14(15(25)23-12-4-3-10(17)6-11(12)18)24-7-9(16(19,20)21)2-5-13(24)22-8/h2-7H,1H3,(H,23,25). The van der Waals surface area contributed by atoms with Gasteiger partial charge in [0.2, 0.25) is 0 Å². The summed E-state index contributed by atoms with van der Waals surface area (Å²) in [5, 5.41) is 2.21. The van der Waals surface area contributed by atoms with Crippen molar-refractivity contribution in [3.05, 3.63) is 65.1 Å². The molecule has 130 valence electrons. The molecule has 0 saturated carbocycles. The highest BCUT2D eigenvalue weighted by molar-refractivity contribution is 6.04. The lowest BCUT2D eigenvalue weighted by atomic mass is 10.2. The van der Waals surface area contributed by atoms with Gasteiger partial charge in [-0.1, -0.05) is 0 Å². The number of amides is 1. The molecule has 1 aromatic carbocycles. The fourth-order valence-electron chi connectivity index (χ4n) is 2.38. The van der Waals surface area contributed by atoms with Gasteiger partial charge >= 0.3 is 6.18 Å². The smallest absolute Gasteiger partial charge is 0.318 e. The molecule has 0 aliphatic rings. The normalized spacial score (nSPS) is 11.8. The third-order valence-corrected chi connectivity index (χ3v) is 3.51. The molecule has 0 atom stereocenters. The number of nitrogens with one attached hydrogen (secondary N) is 1. The molecule has 0 radical (unpaired) electrons. The number of nitrogens with zero attached hydrogens (tertiary/aromatic N) is 2. The van der Waals surface area contributed by atoms with Crippen LogP contribution in [0.4, 0.5) is 27.6 Å². The Bertz CT molecular complexity index is 978. The second-order valence-corrected chi connectivity index (χ2v) is 5.27. The zero-order chi connectivity index (χ0) is 18.4. The van der Waals surface area contributed by atoms with Crippen LogP contribution < -0.4 is 5.32 Å². The molecule has 0 saturated heterocycles. The van der Waals surface area contributed by atoms with Crippen LogP contribution in [0.15, 0.2) is 36.5 Å². The average molecular weight is 355 g/mol. The Morgan fingerprint density at radius 2 is 1.88 bits per heavy atom. The van der Waals surface area contributed by atoms with Gasteiger partial charge in [0.25, 0.3) is 5.91 Å². The van der Waals surface area contributed by atoms with Gasteiger partial charge in [0.1, 0.15) is 23.0 Å². The van der Waals surface area contributed by atoms with Crippen LogP contribution in [0.5, 0.6) is 0 Å². The predicted octanol–water partition coefficient (Wildman–Crippen LogP) is 4.19. The lowest BCUT2D eigenvalue weighted by molar-refractivity contribution is -0.137. The lowest BCUT2D eigenvalue weighted by Crippen LogP contribution is -2.17.